The SMILES string of the molecule is Cc1cc(CCC(=O)OCC2CC(C)(C)N(C)C(C)(C)C2)cc(C)c1O.Cc1cc(CCC(=O)OCC2CC(C)(C)N(C)C(C)(C)C2)cc(C)c1O. The first-order valence-corrected chi connectivity index (χ1v) is 19.2. The summed E-state index contributed by atoms with van der Waals surface area (Å²) in [5, 5.41) is 19.7. The van der Waals surface area contributed by atoms with E-state index in [-0.39, 0.29) is 34.1 Å². The lowest BCUT2D eigenvalue weighted by atomic mass is 9.74. The largest absolute Gasteiger partial charge is 0.507 e. The Morgan fingerprint density at radius 1 is 0.577 bits per heavy atom. The van der Waals surface area contributed by atoms with Crippen LogP contribution in [0.15, 0.2) is 24.3 Å². The molecular formula is C44H70N2O6. The second-order valence-corrected chi connectivity index (χ2v) is 18.4. The molecule has 2 heterocycles. The summed E-state index contributed by atoms with van der Waals surface area (Å²) in [5.41, 5.74) is 5.98. The van der Waals surface area contributed by atoms with Gasteiger partial charge in [0.15, 0.2) is 0 Å². The lowest BCUT2D eigenvalue weighted by molar-refractivity contribution is -0.148. The summed E-state index contributed by atoms with van der Waals surface area (Å²) in [6, 6.07) is 7.77. The average molecular weight is 723 g/mol. The zero-order chi connectivity index (χ0) is 39.4. The highest BCUT2D eigenvalue weighted by atomic mass is 16.5. The van der Waals surface area contributed by atoms with Crippen LogP contribution in [0.5, 0.6) is 11.5 Å². The lowest BCUT2D eigenvalue weighted by Crippen LogP contribution is -2.59. The van der Waals surface area contributed by atoms with Crippen molar-refractivity contribution in [3.63, 3.8) is 0 Å². The molecule has 8 nitrogen and oxygen atoms in total. The molecule has 0 unspecified atom stereocenters. The summed E-state index contributed by atoms with van der Waals surface area (Å²) in [5.74, 6) is 1.20. The number of benzene rings is 2. The standard InChI is InChI=1S/2C22H35NO3/c2*1-15-10-17(11-16(2)20(15)25)8-9-19(24)26-14-18-12-21(3,4)23(7)22(5,6)13-18/h2*10-11,18,25H,8-9,12-14H2,1-7H3. The summed E-state index contributed by atoms with van der Waals surface area (Å²) < 4.78 is 11.2. The number of aromatic hydroxyl groups is 2. The Labute approximate surface area is 315 Å². The Bertz CT molecular complexity index is 1360. The Balaban J connectivity index is 0.000000280. The first-order chi connectivity index (χ1) is 23.8. The number of esters is 2. The third kappa shape index (κ3) is 11.4. The number of phenolic OH excluding ortho intramolecular Hbond substituents is 2. The lowest BCUT2D eigenvalue weighted by Gasteiger charge is -2.53. The number of phenols is 2. The molecule has 0 spiro atoms. The zero-order valence-corrected chi connectivity index (χ0v) is 35.0. The molecule has 292 valence electrons. The van der Waals surface area contributed by atoms with Crippen molar-refractivity contribution in [2.45, 2.75) is 157 Å². The van der Waals surface area contributed by atoms with E-state index in [0.29, 0.717) is 62.2 Å². The van der Waals surface area contributed by atoms with Gasteiger partial charge in [-0.05, 0) is 181 Å². The monoisotopic (exact) mass is 723 g/mol. The molecule has 2 aliphatic rings. The van der Waals surface area contributed by atoms with Crippen LogP contribution in [-0.2, 0) is 31.9 Å². The number of hydrogen-bond acceptors (Lipinski definition) is 8. The highest BCUT2D eigenvalue weighted by Crippen LogP contribution is 2.41. The van der Waals surface area contributed by atoms with E-state index in [1.807, 2.05) is 52.0 Å². The molecule has 2 N–H and O–H groups in total. The summed E-state index contributed by atoms with van der Waals surface area (Å²) in [6.45, 7) is 26.6. The topological polar surface area (TPSA) is 99.5 Å². The predicted octanol–water partition coefficient (Wildman–Crippen LogP) is 8.77. The fourth-order valence-corrected chi connectivity index (χ4v) is 8.83. The quantitative estimate of drug-likeness (QED) is 0.235. The molecule has 2 fully saturated rings. The Morgan fingerprint density at radius 2 is 0.827 bits per heavy atom. The Hall–Kier alpha value is -3.10. The van der Waals surface area contributed by atoms with E-state index in [9.17, 15) is 19.8 Å². The molecule has 4 rings (SSSR count). The summed E-state index contributed by atoms with van der Waals surface area (Å²) in [4.78, 5) is 29.3. The summed E-state index contributed by atoms with van der Waals surface area (Å²) in [7, 11) is 4.37. The Morgan fingerprint density at radius 3 is 1.08 bits per heavy atom. The minimum absolute atomic E-state index is 0.111. The van der Waals surface area contributed by atoms with Crippen molar-refractivity contribution >= 4 is 11.9 Å². The highest BCUT2D eigenvalue weighted by Gasteiger charge is 2.44. The van der Waals surface area contributed by atoms with Crippen molar-refractivity contribution in [3.05, 3.63) is 57.6 Å². The van der Waals surface area contributed by atoms with Crippen LogP contribution >= 0.6 is 0 Å². The molecule has 0 amide bonds. The van der Waals surface area contributed by atoms with E-state index in [4.69, 9.17) is 9.47 Å². The van der Waals surface area contributed by atoms with Gasteiger partial charge in [0.05, 0.1) is 13.2 Å². The van der Waals surface area contributed by atoms with Crippen LogP contribution in [0.1, 0.15) is 127 Å². The number of ether oxygens (including phenoxy) is 2. The van der Waals surface area contributed by atoms with Crippen LogP contribution in [0, 0.1) is 39.5 Å². The molecule has 2 saturated heterocycles. The smallest absolute Gasteiger partial charge is 0.306 e. The fraction of sp³-hybridized carbons (Fsp3) is 0.682. The van der Waals surface area contributed by atoms with Gasteiger partial charge in [-0.3, -0.25) is 19.4 Å². The molecule has 0 radical (unpaired) electrons. The number of aryl methyl sites for hydroxylation is 6. The van der Waals surface area contributed by atoms with Crippen molar-refractivity contribution in [1.29, 1.82) is 0 Å². The number of carbonyl (C=O) groups is 2. The molecule has 0 aromatic heterocycles. The van der Waals surface area contributed by atoms with E-state index in [0.717, 1.165) is 59.1 Å². The van der Waals surface area contributed by atoms with Crippen molar-refractivity contribution < 1.29 is 29.3 Å². The maximum absolute atomic E-state index is 12.2. The van der Waals surface area contributed by atoms with Crippen molar-refractivity contribution in [2.24, 2.45) is 11.8 Å². The molecule has 8 heteroatoms. The first kappa shape index (κ1) is 43.3. The van der Waals surface area contributed by atoms with Crippen LogP contribution < -0.4 is 0 Å². The van der Waals surface area contributed by atoms with Gasteiger partial charge in [-0.25, -0.2) is 0 Å². The second-order valence-electron chi connectivity index (χ2n) is 18.4. The first-order valence-electron chi connectivity index (χ1n) is 19.2. The van der Waals surface area contributed by atoms with Crippen LogP contribution in [0.25, 0.3) is 0 Å². The molecule has 0 atom stereocenters. The normalized spacial score (nSPS) is 20.1. The van der Waals surface area contributed by atoms with Gasteiger partial charge in [0.2, 0.25) is 0 Å². The van der Waals surface area contributed by atoms with E-state index in [2.05, 4.69) is 79.3 Å². The maximum atomic E-state index is 12.2. The second kappa shape index (κ2) is 16.9. The van der Waals surface area contributed by atoms with E-state index < -0.39 is 0 Å². The maximum Gasteiger partial charge on any atom is 0.306 e. The zero-order valence-electron chi connectivity index (χ0n) is 35.0. The molecule has 52 heavy (non-hydrogen) atoms. The Kier molecular flexibility index (Phi) is 14.1. The van der Waals surface area contributed by atoms with Gasteiger partial charge < -0.3 is 19.7 Å². The number of piperidine rings is 2. The van der Waals surface area contributed by atoms with Crippen LogP contribution in [0.4, 0.5) is 0 Å². The van der Waals surface area contributed by atoms with Crippen molar-refractivity contribution in [2.75, 3.05) is 27.3 Å². The van der Waals surface area contributed by atoms with Crippen molar-refractivity contribution in [1.82, 2.24) is 9.80 Å². The fourth-order valence-electron chi connectivity index (χ4n) is 8.83. The van der Waals surface area contributed by atoms with E-state index >= 15 is 0 Å². The third-order valence-electron chi connectivity index (χ3n) is 12.1. The minimum Gasteiger partial charge on any atom is -0.507 e. The van der Waals surface area contributed by atoms with Crippen molar-refractivity contribution in [3.8, 4) is 11.5 Å². The number of likely N-dealkylation sites (tertiary alicyclic amines) is 2. The number of rotatable bonds is 10. The number of carbonyl (C=O) groups excluding carboxylic acids is 2. The van der Waals surface area contributed by atoms with Crippen LogP contribution in [0.2, 0.25) is 0 Å². The van der Waals surface area contributed by atoms with E-state index in [1.54, 1.807) is 0 Å². The molecule has 2 aromatic carbocycles. The van der Waals surface area contributed by atoms with Gasteiger partial charge in [-0.15, -0.1) is 0 Å². The summed E-state index contributed by atoms with van der Waals surface area (Å²) in [6.07, 6.45) is 6.20. The van der Waals surface area contributed by atoms with E-state index in [1.165, 1.54) is 0 Å². The number of nitrogens with zero attached hydrogens (tertiary/aromatic N) is 2. The minimum atomic E-state index is -0.136. The average Bonchev–Trinajstić information content (AvgIpc) is 3.03. The molecule has 0 aliphatic carbocycles. The van der Waals surface area contributed by atoms with Gasteiger partial charge in [-0.1, -0.05) is 24.3 Å². The van der Waals surface area contributed by atoms with Gasteiger partial charge >= 0.3 is 11.9 Å². The highest BCUT2D eigenvalue weighted by molar-refractivity contribution is 5.70. The molecule has 2 aliphatic heterocycles. The molecule has 2 aromatic rings. The van der Waals surface area contributed by atoms with Crippen LogP contribution in [-0.4, -0.2) is 81.4 Å². The molecular weight excluding hydrogens is 652 g/mol. The number of hydrogen-bond donors (Lipinski definition) is 2. The summed E-state index contributed by atoms with van der Waals surface area (Å²) >= 11 is 0. The third-order valence-corrected chi connectivity index (χ3v) is 12.1. The van der Waals surface area contributed by atoms with Gasteiger partial charge in [0.1, 0.15) is 11.5 Å². The predicted molar refractivity (Wildman–Crippen MR) is 211 cm³/mol. The van der Waals surface area contributed by atoms with Crippen LogP contribution in [0.3, 0.4) is 0 Å². The van der Waals surface area contributed by atoms with Gasteiger partial charge in [0.25, 0.3) is 0 Å². The van der Waals surface area contributed by atoms with Gasteiger partial charge in [0, 0.05) is 35.0 Å². The molecule has 0 saturated carbocycles. The van der Waals surface area contributed by atoms with Gasteiger partial charge in [-0.2, -0.15) is 0 Å². The molecule has 0 bridgehead atoms.